The lowest BCUT2D eigenvalue weighted by molar-refractivity contribution is -0.313. The van der Waals surface area contributed by atoms with E-state index in [9.17, 15) is 20.1 Å². The van der Waals surface area contributed by atoms with Gasteiger partial charge in [-0.05, 0) is 99.4 Å². The van der Waals surface area contributed by atoms with Gasteiger partial charge >= 0.3 is 5.97 Å². The van der Waals surface area contributed by atoms with Crippen molar-refractivity contribution in [3.05, 3.63) is 11.6 Å². The number of aliphatic hydroxyl groups is 3. The quantitative estimate of drug-likeness (QED) is 0.372. The fraction of sp³-hybridized carbons (Fsp3) is 0.900. The number of methoxy groups -OCH3 is 1. The second-order valence-corrected chi connectivity index (χ2v) is 13.7. The predicted molar refractivity (Wildman–Crippen MR) is 138 cm³/mol. The fourth-order valence-corrected chi connectivity index (χ4v) is 10.1. The number of aliphatic hydroxyl groups excluding tert-OH is 2. The molecule has 6 rings (SSSR count). The fourth-order valence-electron chi connectivity index (χ4n) is 10.1. The monoisotopic (exact) mass is 534 g/mol. The SMILES string of the molecule is CO[C@H]1[C@@H](O)[C@@H](C)O[C@@H](O[C@H]2CC[C@@]3(C)[C@@H](CC[C@@H]4[C@@H]3CC[C@]3(C)[C@@H](C5=CC(=O)OC5)CCC43O)C2)[C@@H]1O. The molecule has 1 unspecified atom stereocenters. The first-order valence-corrected chi connectivity index (χ1v) is 14.8. The van der Waals surface area contributed by atoms with Crippen LogP contribution >= 0.6 is 0 Å². The van der Waals surface area contributed by atoms with E-state index in [1.54, 1.807) is 13.0 Å². The number of esters is 1. The van der Waals surface area contributed by atoms with E-state index in [4.69, 9.17) is 18.9 Å². The molecule has 5 fully saturated rings. The molecule has 13 atom stereocenters. The van der Waals surface area contributed by atoms with Gasteiger partial charge in [-0.2, -0.15) is 0 Å². The predicted octanol–water partition coefficient (Wildman–Crippen LogP) is 3.11. The minimum atomic E-state index is -1.04. The lowest BCUT2D eigenvalue weighted by Gasteiger charge is -2.64. The van der Waals surface area contributed by atoms with E-state index in [-0.39, 0.29) is 34.7 Å². The first kappa shape index (κ1) is 27.2. The number of ether oxygens (including phenoxy) is 4. The van der Waals surface area contributed by atoms with Gasteiger partial charge < -0.3 is 34.3 Å². The molecule has 0 aromatic rings. The molecule has 2 heterocycles. The van der Waals surface area contributed by atoms with Gasteiger partial charge in [0.05, 0.1) is 17.8 Å². The lowest BCUT2D eigenvalue weighted by atomic mass is 9.43. The summed E-state index contributed by atoms with van der Waals surface area (Å²) in [6.07, 6.45) is 6.45. The van der Waals surface area contributed by atoms with Crippen molar-refractivity contribution in [3.8, 4) is 0 Å². The third kappa shape index (κ3) is 3.88. The maximum Gasteiger partial charge on any atom is 0.331 e. The number of hydrogen-bond donors (Lipinski definition) is 3. The van der Waals surface area contributed by atoms with Gasteiger partial charge in [0.25, 0.3) is 0 Å². The van der Waals surface area contributed by atoms with Crippen LogP contribution in [0.5, 0.6) is 0 Å². The highest BCUT2D eigenvalue weighted by Gasteiger charge is 2.67. The van der Waals surface area contributed by atoms with E-state index < -0.39 is 36.3 Å². The van der Waals surface area contributed by atoms with E-state index in [0.29, 0.717) is 18.4 Å². The van der Waals surface area contributed by atoms with E-state index in [1.807, 2.05) is 0 Å². The molecule has 6 aliphatic rings. The van der Waals surface area contributed by atoms with Crippen molar-refractivity contribution in [2.45, 2.75) is 121 Å². The molecule has 38 heavy (non-hydrogen) atoms. The van der Waals surface area contributed by atoms with Crippen molar-refractivity contribution in [2.24, 2.45) is 34.5 Å². The average molecular weight is 535 g/mol. The summed E-state index contributed by atoms with van der Waals surface area (Å²) in [6.45, 7) is 6.87. The van der Waals surface area contributed by atoms with Crippen LogP contribution in [0, 0.1) is 34.5 Å². The Kier molecular flexibility index (Phi) is 6.80. The zero-order valence-electron chi connectivity index (χ0n) is 23.3. The first-order valence-electron chi connectivity index (χ1n) is 14.8. The maximum atomic E-state index is 12.4. The summed E-state index contributed by atoms with van der Waals surface area (Å²) in [6, 6.07) is 0. The Bertz CT molecular complexity index is 968. The molecule has 4 aliphatic carbocycles. The Morgan fingerprint density at radius 1 is 1.00 bits per heavy atom. The first-order chi connectivity index (χ1) is 18.0. The Labute approximate surface area is 226 Å². The van der Waals surface area contributed by atoms with Crippen LogP contribution in [-0.2, 0) is 23.7 Å². The number of fused-ring (bicyclic) bond motifs is 5. The van der Waals surface area contributed by atoms with Crippen LogP contribution in [0.1, 0.15) is 78.6 Å². The summed E-state index contributed by atoms with van der Waals surface area (Å²) in [5.41, 5.74) is 0.300. The van der Waals surface area contributed by atoms with Gasteiger partial charge in [-0.15, -0.1) is 0 Å². The molecular weight excluding hydrogens is 488 g/mol. The van der Waals surface area contributed by atoms with E-state index in [0.717, 1.165) is 63.4 Å². The minimum absolute atomic E-state index is 0.0103. The molecule has 0 bridgehead atoms. The van der Waals surface area contributed by atoms with Gasteiger partial charge in [0, 0.05) is 18.6 Å². The van der Waals surface area contributed by atoms with Gasteiger partial charge in [0.1, 0.15) is 24.9 Å². The molecular formula is C30H46O8. The summed E-state index contributed by atoms with van der Waals surface area (Å²) >= 11 is 0. The highest BCUT2D eigenvalue weighted by Crippen LogP contribution is 2.70. The summed E-state index contributed by atoms with van der Waals surface area (Å²) in [5, 5.41) is 33.5. The van der Waals surface area contributed by atoms with Gasteiger partial charge in [-0.1, -0.05) is 13.8 Å². The summed E-state index contributed by atoms with van der Waals surface area (Å²) in [7, 11) is 1.49. The number of rotatable bonds is 4. The van der Waals surface area contributed by atoms with Gasteiger partial charge in [-0.25, -0.2) is 4.79 Å². The molecule has 8 heteroatoms. The van der Waals surface area contributed by atoms with Crippen LogP contribution in [0.15, 0.2) is 11.6 Å². The van der Waals surface area contributed by atoms with Gasteiger partial charge in [0.15, 0.2) is 6.29 Å². The Hall–Kier alpha value is -1.03. The van der Waals surface area contributed by atoms with Crippen LogP contribution in [0.3, 0.4) is 0 Å². The molecule has 0 spiro atoms. The summed E-state index contributed by atoms with van der Waals surface area (Å²) in [5.74, 6) is 1.22. The number of carbonyl (C=O) groups excluding carboxylic acids is 1. The standard InChI is InChI=1S/C30H46O8/c1-16-24(32)26(35-4)25(33)27(37-16)38-19-7-10-28(2)18(14-19)5-6-22-21(28)8-11-29(3)20(9-12-30(22,29)34)17-13-23(31)36-15-17/h13,16,18-22,24-27,32-34H,5-12,14-15H2,1-4H3/t16-,18+,19+,20-,21+,22-,24+,25-,26+,27+,28+,29-,30?/m1/s1. The maximum absolute atomic E-state index is 12.4. The number of carbonyl (C=O) groups is 1. The highest BCUT2D eigenvalue weighted by atomic mass is 16.7. The van der Waals surface area contributed by atoms with Crippen molar-refractivity contribution >= 4 is 5.97 Å². The Morgan fingerprint density at radius 3 is 2.50 bits per heavy atom. The topological polar surface area (TPSA) is 115 Å². The molecule has 3 N–H and O–H groups in total. The average Bonchev–Trinajstić information content (AvgIpc) is 3.43. The van der Waals surface area contributed by atoms with E-state index in [2.05, 4.69) is 13.8 Å². The number of cyclic esters (lactones) is 1. The van der Waals surface area contributed by atoms with Crippen molar-refractivity contribution < 1.29 is 39.1 Å². The van der Waals surface area contributed by atoms with Crippen LogP contribution in [0.2, 0.25) is 0 Å². The smallest absolute Gasteiger partial charge is 0.331 e. The molecule has 0 radical (unpaired) electrons. The Morgan fingerprint density at radius 2 is 1.79 bits per heavy atom. The normalized spacial score (nSPS) is 54.5. The molecule has 1 saturated heterocycles. The number of hydrogen-bond acceptors (Lipinski definition) is 8. The minimum Gasteiger partial charge on any atom is -0.458 e. The summed E-state index contributed by atoms with van der Waals surface area (Å²) in [4.78, 5) is 11.8. The second kappa shape index (κ2) is 9.52. The molecule has 2 aliphatic heterocycles. The van der Waals surface area contributed by atoms with E-state index >= 15 is 0 Å². The van der Waals surface area contributed by atoms with Gasteiger partial charge in [0.2, 0.25) is 0 Å². The van der Waals surface area contributed by atoms with Crippen molar-refractivity contribution in [2.75, 3.05) is 13.7 Å². The second-order valence-electron chi connectivity index (χ2n) is 13.7. The molecule has 4 saturated carbocycles. The van der Waals surface area contributed by atoms with Crippen molar-refractivity contribution in [1.29, 1.82) is 0 Å². The Balaban J connectivity index is 1.16. The van der Waals surface area contributed by atoms with Crippen molar-refractivity contribution in [3.63, 3.8) is 0 Å². The third-order valence-electron chi connectivity index (χ3n) is 12.3. The van der Waals surface area contributed by atoms with E-state index in [1.165, 1.54) is 7.11 Å². The van der Waals surface area contributed by atoms with Crippen LogP contribution in [0.4, 0.5) is 0 Å². The molecule has 8 nitrogen and oxygen atoms in total. The summed E-state index contributed by atoms with van der Waals surface area (Å²) < 4.78 is 22.8. The third-order valence-corrected chi connectivity index (χ3v) is 12.3. The zero-order chi connectivity index (χ0) is 27.0. The molecule has 0 aromatic heterocycles. The molecule has 0 aromatic carbocycles. The van der Waals surface area contributed by atoms with Crippen LogP contribution < -0.4 is 0 Å². The zero-order valence-corrected chi connectivity index (χ0v) is 23.3. The van der Waals surface area contributed by atoms with Crippen molar-refractivity contribution in [1.82, 2.24) is 0 Å². The lowest BCUT2D eigenvalue weighted by Crippen LogP contribution is -2.62. The van der Waals surface area contributed by atoms with Crippen LogP contribution in [0.25, 0.3) is 0 Å². The largest absolute Gasteiger partial charge is 0.458 e. The molecule has 0 amide bonds. The molecule has 214 valence electrons. The van der Waals surface area contributed by atoms with Gasteiger partial charge in [-0.3, -0.25) is 0 Å². The van der Waals surface area contributed by atoms with Crippen LogP contribution in [-0.4, -0.2) is 77.4 Å². The highest BCUT2D eigenvalue weighted by molar-refractivity contribution is 5.85.